The van der Waals surface area contributed by atoms with Gasteiger partial charge in [-0.15, -0.1) is 0 Å². The van der Waals surface area contributed by atoms with Crippen molar-refractivity contribution >= 4 is 36.0 Å². The Morgan fingerprint density at radius 3 is 0.957 bits per heavy atom. The molecule has 0 heterocycles. The molecule has 0 radical (unpaired) electrons. The van der Waals surface area contributed by atoms with Crippen LogP contribution in [0.15, 0.2) is 86.0 Å². The molecule has 69 heavy (non-hydrogen) atoms. The van der Waals surface area contributed by atoms with Crippen molar-refractivity contribution in [3.8, 4) is 23.0 Å². The number of benzene rings is 6. The van der Waals surface area contributed by atoms with Gasteiger partial charge >= 0.3 is 23.9 Å². The zero-order valence-corrected chi connectivity index (χ0v) is 35.2. The lowest BCUT2D eigenvalue weighted by molar-refractivity contribution is 0.0688. The zero-order valence-electron chi connectivity index (χ0n) is 35.2. The van der Waals surface area contributed by atoms with Crippen molar-refractivity contribution in [1.29, 1.82) is 0 Å². The Kier molecular flexibility index (Phi) is 15.6. The van der Waals surface area contributed by atoms with Crippen LogP contribution in [0.5, 0.6) is 23.0 Å². The fourth-order valence-electron chi connectivity index (χ4n) is 5.57. The minimum Gasteiger partial charge on any atom is -0.423 e. The van der Waals surface area contributed by atoms with Crippen LogP contribution in [-0.4, -0.2) is 23.9 Å². The summed E-state index contributed by atoms with van der Waals surface area (Å²) < 4.78 is 200. The molecule has 0 aliphatic carbocycles. The number of rotatable bonds is 10. The second-order valence-corrected chi connectivity index (χ2v) is 14.8. The topological polar surface area (TPSA) is 105 Å². The summed E-state index contributed by atoms with van der Waals surface area (Å²) in [6, 6.07) is 16.5. The molecule has 6 rings (SSSR count). The Balaban J connectivity index is 0.000000258. The Labute approximate surface area is 380 Å². The number of ether oxygens (including phenoxy) is 4. The predicted molar refractivity (Wildman–Crippen MR) is 217 cm³/mol. The Morgan fingerprint density at radius 1 is 0.377 bits per heavy atom. The summed E-state index contributed by atoms with van der Waals surface area (Å²) in [4.78, 5) is 48.5. The van der Waals surface area contributed by atoms with Crippen LogP contribution in [0.25, 0.3) is 12.2 Å². The first-order valence-corrected chi connectivity index (χ1v) is 19.0. The maximum Gasteiger partial charge on any atom is 0.349 e. The molecule has 0 N–H and O–H groups in total. The number of hydrogen-bond acceptors (Lipinski definition) is 8. The average molecular weight is 979 g/mol. The van der Waals surface area contributed by atoms with Crippen molar-refractivity contribution in [3.05, 3.63) is 201 Å². The summed E-state index contributed by atoms with van der Waals surface area (Å²) in [6.07, 6.45) is 2.89. The lowest BCUT2D eigenvalue weighted by Crippen LogP contribution is -2.20. The van der Waals surface area contributed by atoms with E-state index in [1.165, 1.54) is 60.7 Å². The molecular weight excluding hydrogens is 951 g/mol. The number of esters is 4. The smallest absolute Gasteiger partial charge is 0.349 e. The maximum atomic E-state index is 14.5. The van der Waals surface area contributed by atoms with Crippen LogP contribution in [0.3, 0.4) is 0 Å². The van der Waals surface area contributed by atoms with Gasteiger partial charge in [-0.1, -0.05) is 82.5 Å². The van der Waals surface area contributed by atoms with E-state index in [4.69, 9.17) is 4.74 Å². The van der Waals surface area contributed by atoms with E-state index in [-0.39, 0.29) is 22.3 Å². The number of hydrogen-bond donors (Lipinski definition) is 0. The third-order valence-corrected chi connectivity index (χ3v) is 9.30. The van der Waals surface area contributed by atoms with Crippen LogP contribution < -0.4 is 18.9 Å². The molecule has 21 heteroatoms. The van der Waals surface area contributed by atoms with Crippen molar-refractivity contribution in [1.82, 2.24) is 0 Å². The van der Waals surface area contributed by atoms with Gasteiger partial charge in [0.1, 0.15) is 16.9 Å². The van der Waals surface area contributed by atoms with E-state index in [1.807, 2.05) is 20.8 Å². The molecule has 0 saturated carbocycles. The summed E-state index contributed by atoms with van der Waals surface area (Å²) in [7, 11) is 0. The normalized spacial score (nSPS) is 11.0. The maximum absolute atomic E-state index is 14.5. The SMILES string of the molecule is C=Cc1ccc(C(=O)Oc2c(F)c(F)c(C(=O)Oc3c(F)c(F)c(F)c(F)c3F)c(F)c2F)cc1.C=Cc1ccc(C(=O)Oc2c(F)c(F)c(C(=O)Oc3ccc(C(C)(C)C)cc3)c(F)c2F)cc1. The molecule has 0 unspecified atom stereocenters. The van der Waals surface area contributed by atoms with E-state index in [1.54, 1.807) is 12.1 Å². The summed E-state index contributed by atoms with van der Waals surface area (Å²) in [5, 5.41) is 0. The highest BCUT2D eigenvalue weighted by Gasteiger charge is 2.36. The number of carbonyl (C=O) groups is 4. The predicted octanol–water partition coefficient (Wildman–Crippen LogP) is 12.6. The third-order valence-electron chi connectivity index (χ3n) is 9.30. The third kappa shape index (κ3) is 10.8. The van der Waals surface area contributed by atoms with E-state index in [2.05, 4.69) is 27.4 Å². The fourth-order valence-corrected chi connectivity index (χ4v) is 5.57. The standard InChI is InChI=1S/C26H20F4O4.C22H7F9O4/c1-5-14-6-8-15(9-7-14)24(31)34-23-21(29)19(27)18(20(28)22(23)30)25(32)33-17-12-10-16(11-13-17)26(2,3)4;1-2-7-3-5-8(6-4-7)21(32)34-19-15(28)10(23)9(11(24)16(19)29)22(33)35-20-17(30)13(26)12(25)14(27)18(20)31/h5-13H,1H2,2-4H3;2-6H,1H2. The minimum atomic E-state index is -2.66. The summed E-state index contributed by atoms with van der Waals surface area (Å²) >= 11 is 0. The average Bonchev–Trinajstić information content (AvgIpc) is 3.33. The molecule has 358 valence electrons. The summed E-state index contributed by atoms with van der Waals surface area (Å²) in [5.74, 6) is -44.3. The van der Waals surface area contributed by atoms with Crippen LogP contribution in [-0.2, 0) is 5.41 Å². The quantitative estimate of drug-likeness (QED) is 0.0439. The van der Waals surface area contributed by atoms with E-state index in [0.717, 1.165) is 17.7 Å². The molecular formula is C48H27F13O8. The first-order valence-electron chi connectivity index (χ1n) is 19.0. The molecule has 0 amide bonds. The van der Waals surface area contributed by atoms with Gasteiger partial charge in [-0.25, -0.2) is 49.9 Å². The van der Waals surface area contributed by atoms with Gasteiger partial charge < -0.3 is 18.9 Å². The second kappa shape index (κ2) is 20.7. The Morgan fingerprint density at radius 2 is 0.652 bits per heavy atom. The molecule has 0 atom stereocenters. The van der Waals surface area contributed by atoms with Crippen molar-refractivity contribution in [2.45, 2.75) is 26.2 Å². The molecule has 6 aromatic carbocycles. The monoisotopic (exact) mass is 978 g/mol. The molecule has 0 bridgehead atoms. The van der Waals surface area contributed by atoms with Gasteiger partial charge in [0.2, 0.25) is 69.6 Å². The number of carbonyl (C=O) groups excluding carboxylic acids is 4. The zero-order chi connectivity index (χ0) is 51.4. The van der Waals surface area contributed by atoms with E-state index < -0.39 is 128 Å². The van der Waals surface area contributed by atoms with Crippen LogP contribution in [0.1, 0.15) is 78.9 Å². The van der Waals surface area contributed by atoms with Gasteiger partial charge in [0.15, 0.2) is 23.3 Å². The van der Waals surface area contributed by atoms with Crippen LogP contribution in [0.4, 0.5) is 57.1 Å². The first kappa shape index (κ1) is 51.7. The number of halogens is 13. The molecule has 8 nitrogen and oxygen atoms in total. The summed E-state index contributed by atoms with van der Waals surface area (Å²) in [5.41, 5.74) is -2.41. The summed E-state index contributed by atoms with van der Waals surface area (Å²) in [6.45, 7) is 12.9. The van der Waals surface area contributed by atoms with Crippen LogP contribution >= 0.6 is 0 Å². The van der Waals surface area contributed by atoms with E-state index in [9.17, 15) is 76.3 Å². The van der Waals surface area contributed by atoms with Crippen molar-refractivity contribution in [2.24, 2.45) is 0 Å². The van der Waals surface area contributed by atoms with E-state index >= 15 is 0 Å². The lowest BCUT2D eigenvalue weighted by Gasteiger charge is -2.19. The molecule has 0 aromatic heterocycles. The van der Waals surface area contributed by atoms with E-state index in [0.29, 0.717) is 11.1 Å². The molecule has 0 aliphatic heterocycles. The fraction of sp³-hybridized carbons (Fsp3) is 0.0833. The Hall–Kier alpha value is -8.23. The van der Waals surface area contributed by atoms with Gasteiger partial charge in [-0.3, -0.25) is 0 Å². The van der Waals surface area contributed by atoms with Gasteiger partial charge in [-0.2, -0.15) is 26.3 Å². The van der Waals surface area contributed by atoms with Crippen molar-refractivity contribution in [2.75, 3.05) is 0 Å². The van der Waals surface area contributed by atoms with Gasteiger partial charge in [-0.05, 0) is 58.5 Å². The Bertz CT molecular complexity index is 2970. The second-order valence-electron chi connectivity index (χ2n) is 14.8. The van der Waals surface area contributed by atoms with Gasteiger partial charge in [0.05, 0.1) is 11.1 Å². The molecule has 0 aliphatic rings. The van der Waals surface area contributed by atoms with Crippen LogP contribution in [0, 0.1) is 75.6 Å². The molecule has 6 aromatic rings. The van der Waals surface area contributed by atoms with Crippen molar-refractivity contribution < 1.29 is 95.2 Å². The highest BCUT2D eigenvalue weighted by atomic mass is 19.2. The first-order chi connectivity index (χ1) is 32.3. The van der Waals surface area contributed by atoms with Crippen LogP contribution in [0.2, 0.25) is 0 Å². The van der Waals surface area contributed by atoms with Crippen molar-refractivity contribution in [3.63, 3.8) is 0 Å². The minimum absolute atomic E-state index is 0.0870. The highest BCUT2D eigenvalue weighted by molar-refractivity contribution is 5.94. The lowest BCUT2D eigenvalue weighted by atomic mass is 9.87. The molecule has 0 spiro atoms. The van der Waals surface area contributed by atoms with Gasteiger partial charge in [0, 0.05) is 0 Å². The van der Waals surface area contributed by atoms with Gasteiger partial charge in [0.25, 0.3) is 0 Å². The molecule has 0 fully saturated rings. The highest BCUT2D eigenvalue weighted by Crippen LogP contribution is 2.35. The molecule has 0 saturated heterocycles. The largest absolute Gasteiger partial charge is 0.423 e.